The molecule has 0 bridgehead atoms. The molecule has 1 aliphatic heterocycles. The fraction of sp³-hybridized carbons (Fsp3) is 0.143. The van der Waals surface area contributed by atoms with Crippen LogP contribution in [-0.2, 0) is 6.18 Å². The SMILES string of the molecule is CC1=C([N+](=O)[O-])C(c2ccccc2C(F)(F)F)C(C(=O)c2ccccc2)/C(=C\C(=O)c2ccccc2)N1. The van der Waals surface area contributed by atoms with E-state index in [1.807, 2.05) is 0 Å². The van der Waals surface area contributed by atoms with Gasteiger partial charge < -0.3 is 5.32 Å². The molecule has 1 aliphatic rings. The largest absolute Gasteiger partial charge is 0.416 e. The number of ketones is 2. The van der Waals surface area contributed by atoms with Gasteiger partial charge in [0.05, 0.1) is 28.0 Å². The summed E-state index contributed by atoms with van der Waals surface area (Å²) >= 11 is 0. The first kappa shape index (κ1) is 25.6. The van der Waals surface area contributed by atoms with Crippen molar-refractivity contribution in [1.29, 1.82) is 0 Å². The third kappa shape index (κ3) is 5.20. The quantitative estimate of drug-likeness (QED) is 0.187. The van der Waals surface area contributed by atoms with Crippen molar-refractivity contribution in [3.8, 4) is 0 Å². The molecular weight excluding hydrogens is 485 g/mol. The van der Waals surface area contributed by atoms with E-state index >= 15 is 0 Å². The van der Waals surface area contributed by atoms with Crippen LogP contribution in [0.15, 0.2) is 108 Å². The molecule has 0 aliphatic carbocycles. The van der Waals surface area contributed by atoms with Gasteiger partial charge in [-0.15, -0.1) is 0 Å². The minimum atomic E-state index is -4.83. The van der Waals surface area contributed by atoms with E-state index in [2.05, 4.69) is 5.32 Å². The number of benzene rings is 3. The Bertz CT molecular complexity index is 1410. The second kappa shape index (κ2) is 10.2. The predicted octanol–water partition coefficient (Wildman–Crippen LogP) is 6.17. The Morgan fingerprint density at radius 2 is 1.43 bits per heavy atom. The van der Waals surface area contributed by atoms with Crippen LogP contribution in [0.4, 0.5) is 13.2 Å². The van der Waals surface area contributed by atoms with Crippen LogP contribution < -0.4 is 5.32 Å². The van der Waals surface area contributed by atoms with Gasteiger partial charge in [-0.3, -0.25) is 19.7 Å². The molecule has 6 nitrogen and oxygen atoms in total. The number of carbonyl (C=O) groups is 2. The van der Waals surface area contributed by atoms with Crippen molar-refractivity contribution in [3.63, 3.8) is 0 Å². The summed E-state index contributed by atoms with van der Waals surface area (Å²) in [5.41, 5.74) is -1.73. The minimum Gasteiger partial charge on any atom is -0.356 e. The van der Waals surface area contributed by atoms with Crippen molar-refractivity contribution in [2.75, 3.05) is 0 Å². The van der Waals surface area contributed by atoms with Crippen LogP contribution in [0.1, 0.15) is 44.7 Å². The third-order valence-corrected chi connectivity index (χ3v) is 6.16. The van der Waals surface area contributed by atoms with Gasteiger partial charge in [-0.2, -0.15) is 13.2 Å². The van der Waals surface area contributed by atoms with Gasteiger partial charge in [0.25, 0.3) is 5.70 Å². The summed E-state index contributed by atoms with van der Waals surface area (Å²) in [4.78, 5) is 38.3. The molecule has 4 rings (SSSR count). The molecule has 0 aromatic heterocycles. The van der Waals surface area contributed by atoms with Crippen molar-refractivity contribution >= 4 is 11.6 Å². The van der Waals surface area contributed by atoms with Crippen molar-refractivity contribution in [3.05, 3.63) is 140 Å². The monoisotopic (exact) mass is 506 g/mol. The number of hydrogen-bond donors (Lipinski definition) is 1. The van der Waals surface area contributed by atoms with Crippen molar-refractivity contribution in [2.24, 2.45) is 5.92 Å². The van der Waals surface area contributed by atoms with Crippen LogP contribution in [-0.4, -0.2) is 16.5 Å². The molecule has 2 atom stereocenters. The summed E-state index contributed by atoms with van der Waals surface area (Å²) in [7, 11) is 0. The first-order valence-corrected chi connectivity index (χ1v) is 11.3. The maximum absolute atomic E-state index is 14.1. The molecule has 0 saturated carbocycles. The minimum absolute atomic E-state index is 0.0206. The Morgan fingerprint density at radius 3 is 2.00 bits per heavy atom. The fourth-order valence-electron chi connectivity index (χ4n) is 4.56. The first-order chi connectivity index (χ1) is 17.6. The van der Waals surface area contributed by atoms with Crippen LogP contribution in [0, 0.1) is 16.0 Å². The summed E-state index contributed by atoms with van der Waals surface area (Å²) in [5, 5.41) is 15.0. The molecular formula is C28H21F3N2O4. The van der Waals surface area contributed by atoms with Crippen molar-refractivity contribution in [1.82, 2.24) is 5.32 Å². The van der Waals surface area contributed by atoms with Gasteiger partial charge in [-0.1, -0.05) is 78.9 Å². The van der Waals surface area contributed by atoms with Gasteiger partial charge in [0.15, 0.2) is 11.6 Å². The standard InChI is InChI=1S/C28H21F3N2O4/c1-17-26(33(36)37)24(20-14-8-9-15-21(20)28(29,30)31)25(27(35)19-12-6-3-7-13-19)22(32-17)16-23(34)18-10-4-2-5-11-18/h2-16,24-25,32H,1H3/b22-16+. The van der Waals surface area contributed by atoms with Crippen LogP contribution >= 0.6 is 0 Å². The summed E-state index contributed by atoms with van der Waals surface area (Å²) in [5.74, 6) is -4.28. The average molecular weight is 506 g/mol. The summed E-state index contributed by atoms with van der Waals surface area (Å²) < 4.78 is 42.2. The number of rotatable bonds is 6. The van der Waals surface area contributed by atoms with Crippen LogP contribution in [0.25, 0.3) is 0 Å². The van der Waals surface area contributed by atoms with E-state index in [0.717, 1.165) is 18.2 Å². The van der Waals surface area contributed by atoms with E-state index < -0.39 is 51.3 Å². The second-order valence-corrected chi connectivity index (χ2v) is 8.49. The number of alkyl halides is 3. The fourth-order valence-corrected chi connectivity index (χ4v) is 4.56. The van der Waals surface area contributed by atoms with E-state index in [0.29, 0.717) is 0 Å². The number of nitrogens with zero attached hydrogens (tertiary/aromatic N) is 1. The van der Waals surface area contributed by atoms with Gasteiger partial charge in [0.1, 0.15) is 0 Å². The Balaban J connectivity index is 2.00. The first-order valence-electron chi connectivity index (χ1n) is 11.3. The van der Waals surface area contributed by atoms with Gasteiger partial charge >= 0.3 is 6.18 Å². The molecule has 0 fully saturated rings. The summed E-state index contributed by atoms with van der Waals surface area (Å²) in [6, 6.07) is 20.4. The third-order valence-electron chi connectivity index (χ3n) is 6.16. The van der Waals surface area contributed by atoms with E-state index in [1.54, 1.807) is 48.5 Å². The number of Topliss-reactive ketones (excluding diaryl/α,β-unsaturated/α-hetero) is 1. The number of allylic oxidation sites excluding steroid dienone is 4. The molecule has 2 unspecified atom stereocenters. The molecule has 9 heteroatoms. The second-order valence-electron chi connectivity index (χ2n) is 8.49. The van der Waals surface area contributed by atoms with Crippen molar-refractivity contribution in [2.45, 2.75) is 19.0 Å². The van der Waals surface area contributed by atoms with Crippen molar-refractivity contribution < 1.29 is 27.7 Å². The summed E-state index contributed by atoms with van der Waals surface area (Å²) in [6.07, 6.45) is -3.70. The Morgan fingerprint density at radius 1 is 0.892 bits per heavy atom. The molecule has 1 N–H and O–H groups in total. The highest BCUT2D eigenvalue weighted by molar-refractivity contribution is 6.07. The van der Waals surface area contributed by atoms with Gasteiger partial charge in [0, 0.05) is 22.9 Å². The Kier molecular flexibility index (Phi) is 7.06. The molecule has 37 heavy (non-hydrogen) atoms. The van der Waals surface area contributed by atoms with Crippen LogP contribution in [0.5, 0.6) is 0 Å². The Labute approximate surface area is 210 Å². The maximum atomic E-state index is 14.1. The highest BCUT2D eigenvalue weighted by Gasteiger charge is 2.49. The number of halogens is 3. The van der Waals surface area contributed by atoms with Gasteiger partial charge in [-0.25, -0.2) is 0 Å². The normalized spacial score (nSPS) is 18.9. The lowest BCUT2D eigenvalue weighted by Crippen LogP contribution is -2.40. The zero-order valence-corrected chi connectivity index (χ0v) is 19.5. The number of carbonyl (C=O) groups excluding carboxylic acids is 2. The zero-order valence-electron chi connectivity index (χ0n) is 19.5. The number of nitro groups is 1. The van der Waals surface area contributed by atoms with Crippen LogP contribution in [0.3, 0.4) is 0 Å². The van der Waals surface area contributed by atoms with Gasteiger partial charge in [0.2, 0.25) is 0 Å². The van der Waals surface area contributed by atoms with Gasteiger partial charge in [-0.05, 0) is 18.6 Å². The molecule has 3 aromatic carbocycles. The predicted molar refractivity (Wildman–Crippen MR) is 130 cm³/mol. The highest BCUT2D eigenvalue weighted by Crippen LogP contribution is 2.46. The molecule has 1 heterocycles. The van der Waals surface area contributed by atoms with E-state index in [-0.39, 0.29) is 22.5 Å². The highest BCUT2D eigenvalue weighted by atomic mass is 19.4. The molecule has 0 saturated heterocycles. The molecule has 0 radical (unpaired) electrons. The van der Waals surface area contributed by atoms with E-state index in [4.69, 9.17) is 0 Å². The molecule has 3 aromatic rings. The smallest absolute Gasteiger partial charge is 0.356 e. The van der Waals surface area contributed by atoms with E-state index in [1.165, 1.54) is 31.2 Å². The van der Waals surface area contributed by atoms with Crippen LogP contribution in [0.2, 0.25) is 0 Å². The van der Waals surface area contributed by atoms with E-state index in [9.17, 15) is 32.9 Å². The maximum Gasteiger partial charge on any atom is 0.416 e. The Hall–Kier alpha value is -4.53. The lowest BCUT2D eigenvalue weighted by Gasteiger charge is -2.34. The molecule has 0 spiro atoms. The molecule has 0 amide bonds. The summed E-state index contributed by atoms with van der Waals surface area (Å²) in [6.45, 7) is 1.34. The number of hydrogen-bond acceptors (Lipinski definition) is 5. The lowest BCUT2D eigenvalue weighted by molar-refractivity contribution is -0.433. The average Bonchev–Trinajstić information content (AvgIpc) is 2.88. The molecule has 188 valence electrons. The zero-order chi connectivity index (χ0) is 26.7. The number of nitrogens with one attached hydrogen (secondary N) is 1. The lowest BCUT2D eigenvalue weighted by atomic mass is 9.73. The topological polar surface area (TPSA) is 89.3 Å².